The molecule has 0 aliphatic carbocycles. The number of nitrogens with zero attached hydrogens (tertiary/aromatic N) is 1. The molecule has 21 heavy (non-hydrogen) atoms. The number of fused-ring (bicyclic) bond motifs is 1. The molecule has 2 aliphatic rings. The highest BCUT2D eigenvalue weighted by Crippen LogP contribution is 2.34. The SMILES string of the molecule is N[C@H]1c2ccccc2OC[C@@H]1N1CCOC(C(F)(F)F)C1. The molecule has 2 aliphatic heterocycles. The minimum atomic E-state index is -4.35. The number of rotatable bonds is 1. The van der Waals surface area contributed by atoms with Crippen LogP contribution in [0.3, 0.4) is 0 Å². The van der Waals surface area contributed by atoms with Crippen molar-refractivity contribution in [3.63, 3.8) is 0 Å². The Balaban J connectivity index is 1.76. The first kappa shape index (κ1) is 14.6. The van der Waals surface area contributed by atoms with Crippen LogP contribution in [0.4, 0.5) is 13.2 Å². The van der Waals surface area contributed by atoms with Gasteiger partial charge in [0.15, 0.2) is 6.10 Å². The van der Waals surface area contributed by atoms with Gasteiger partial charge in [-0.2, -0.15) is 13.2 Å². The fourth-order valence-electron chi connectivity index (χ4n) is 2.87. The topological polar surface area (TPSA) is 47.7 Å². The molecule has 0 spiro atoms. The molecule has 0 radical (unpaired) electrons. The summed E-state index contributed by atoms with van der Waals surface area (Å²) in [6, 6.07) is 6.75. The van der Waals surface area contributed by atoms with Crippen molar-refractivity contribution in [2.45, 2.75) is 24.4 Å². The van der Waals surface area contributed by atoms with E-state index in [9.17, 15) is 13.2 Å². The fourth-order valence-corrected chi connectivity index (χ4v) is 2.87. The highest BCUT2D eigenvalue weighted by Gasteiger charge is 2.45. The number of hydrogen-bond donors (Lipinski definition) is 1. The molecule has 0 bridgehead atoms. The number of morpholine rings is 1. The Bertz CT molecular complexity index is 509. The number of para-hydroxylation sites is 1. The van der Waals surface area contributed by atoms with E-state index >= 15 is 0 Å². The normalized spacial score (nSPS) is 30.6. The van der Waals surface area contributed by atoms with Crippen molar-refractivity contribution in [1.82, 2.24) is 4.90 Å². The zero-order valence-electron chi connectivity index (χ0n) is 11.3. The predicted molar refractivity (Wildman–Crippen MR) is 70.0 cm³/mol. The van der Waals surface area contributed by atoms with Gasteiger partial charge in [-0.3, -0.25) is 4.90 Å². The largest absolute Gasteiger partial charge is 0.492 e. The van der Waals surface area contributed by atoms with E-state index in [2.05, 4.69) is 0 Å². The summed E-state index contributed by atoms with van der Waals surface area (Å²) in [6.07, 6.45) is -6.11. The van der Waals surface area contributed by atoms with Crippen LogP contribution in [0.2, 0.25) is 0 Å². The fraction of sp³-hybridized carbons (Fsp3) is 0.571. The van der Waals surface area contributed by atoms with E-state index in [1.165, 1.54) is 0 Å². The Morgan fingerprint density at radius 3 is 2.76 bits per heavy atom. The third-order valence-corrected chi connectivity index (χ3v) is 4.03. The lowest BCUT2D eigenvalue weighted by Crippen LogP contribution is -2.57. The van der Waals surface area contributed by atoms with Crippen LogP contribution in [-0.2, 0) is 4.74 Å². The van der Waals surface area contributed by atoms with Crippen molar-refractivity contribution in [1.29, 1.82) is 0 Å². The van der Waals surface area contributed by atoms with Gasteiger partial charge >= 0.3 is 6.18 Å². The molecular weight excluding hydrogens is 285 g/mol. The average molecular weight is 302 g/mol. The van der Waals surface area contributed by atoms with Crippen LogP contribution >= 0.6 is 0 Å². The molecule has 1 saturated heterocycles. The summed E-state index contributed by atoms with van der Waals surface area (Å²) in [5.74, 6) is 0.710. The van der Waals surface area contributed by atoms with Gasteiger partial charge in [0.1, 0.15) is 12.4 Å². The quantitative estimate of drug-likeness (QED) is 0.858. The highest BCUT2D eigenvalue weighted by atomic mass is 19.4. The van der Waals surface area contributed by atoms with E-state index < -0.39 is 12.3 Å². The second-order valence-electron chi connectivity index (χ2n) is 5.34. The summed E-state index contributed by atoms with van der Waals surface area (Å²) in [6.45, 7) is 0.571. The molecule has 3 atom stereocenters. The van der Waals surface area contributed by atoms with Crippen molar-refractivity contribution in [2.75, 3.05) is 26.3 Å². The molecule has 116 valence electrons. The monoisotopic (exact) mass is 302 g/mol. The van der Waals surface area contributed by atoms with Crippen molar-refractivity contribution >= 4 is 0 Å². The van der Waals surface area contributed by atoms with Crippen LogP contribution in [0, 0.1) is 0 Å². The Morgan fingerprint density at radius 1 is 1.24 bits per heavy atom. The van der Waals surface area contributed by atoms with Gasteiger partial charge in [0, 0.05) is 18.7 Å². The van der Waals surface area contributed by atoms with Crippen LogP contribution in [0.15, 0.2) is 24.3 Å². The van der Waals surface area contributed by atoms with Gasteiger partial charge in [0.05, 0.1) is 18.7 Å². The Hall–Kier alpha value is -1.31. The molecule has 2 heterocycles. The van der Waals surface area contributed by atoms with Crippen LogP contribution in [0.25, 0.3) is 0 Å². The molecule has 2 N–H and O–H groups in total. The summed E-state index contributed by atoms with van der Waals surface area (Å²) in [4.78, 5) is 1.72. The van der Waals surface area contributed by atoms with E-state index in [0.717, 1.165) is 5.56 Å². The number of alkyl halides is 3. The first-order valence-electron chi connectivity index (χ1n) is 6.86. The first-order valence-corrected chi connectivity index (χ1v) is 6.86. The maximum atomic E-state index is 12.8. The van der Waals surface area contributed by atoms with Crippen LogP contribution in [-0.4, -0.2) is 49.5 Å². The zero-order valence-corrected chi connectivity index (χ0v) is 11.3. The van der Waals surface area contributed by atoms with Crippen molar-refractivity contribution in [3.05, 3.63) is 29.8 Å². The van der Waals surface area contributed by atoms with Crippen LogP contribution in [0.5, 0.6) is 5.75 Å². The van der Waals surface area contributed by atoms with E-state index in [4.69, 9.17) is 15.2 Å². The van der Waals surface area contributed by atoms with Crippen molar-refractivity contribution < 1.29 is 22.6 Å². The van der Waals surface area contributed by atoms with E-state index in [1.807, 2.05) is 24.3 Å². The summed E-state index contributed by atoms with van der Waals surface area (Å²) in [7, 11) is 0. The van der Waals surface area contributed by atoms with Crippen LogP contribution < -0.4 is 10.5 Å². The molecular formula is C14H17F3N2O2. The Morgan fingerprint density at radius 2 is 2.00 bits per heavy atom. The zero-order chi connectivity index (χ0) is 15.0. The lowest BCUT2D eigenvalue weighted by atomic mass is 9.95. The second-order valence-corrected chi connectivity index (χ2v) is 5.34. The van der Waals surface area contributed by atoms with E-state index in [-0.39, 0.29) is 25.2 Å². The first-order chi connectivity index (χ1) is 9.97. The smallest absolute Gasteiger partial charge is 0.415 e. The van der Waals surface area contributed by atoms with Crippen molar-refractivity contribution in [2.24, 2.45) is 5.73 Å². The maximum absolute atomic E-state index is 12.8. The molecule has 4 nitrogen and oxygen atoms in total. The standard InChI is InChI=1S/C14H17F3N2O2/c15-14(16,17)12-7-19(5-6-20-12)10-8-21-11-4-2-1-3-9(11)13(10)18/h1-4,10,12-13H,5-8,18H2/t10-,12?,13-/m0/s1. The third-order valence-electron chi connectivity index (χ3n) is 4.03. The molecule has 0 aromatic heterocycles. The minimum absolute atomic E-state index is 0.0506. The van der Waals surface area contributed by atoms with Gasteiger partial charge in [0.2, 0.25) is 0 Å². The summed E-state index contributed by atoms with van der Waals surface area (Å²) in [5, 5.41) is 0. The predicted octanol–water partition coefficient (Wildman–Crippen LogP) is 1.71. The summed E-state index contributed by atoms with van der Waals surface area (Å²) >= 11 is 0. The Kier molecular flexibility index (Phi) is 3.81. The number of halogens is 3. The number of ether oxygens (including phenoxy) is 2. The number of benzene rings is 1. The van der Waals surface area contributed by atoms with E-state index in [0.29, 0.717) is 18.9 Å². The average Bonchev–Trinajstić information content (AvgIpc) is 2.47. The molecule has 3 rings (SSSR count). The van der Waals surface area contributed by atoms with Gasteiger partial charge in [-0.05, 0) is 6.07 Å². The third kappa shape index (κ3) is 2.86. The molecule has 1 unspecified atom stereocenters. The maximum Gasteiger partial charge on any atom is 0.415 e. The summed E-state index contributed by atoms with van der Waals surface area (Å²) < 4.78 is 48.9. The molecule has 1 fully saturated rings. The molecule has 1 aromatic rings. The molecule has 7 heteroatoms. The lowest BCUT2D eigenvalue weighted by Gasteiger charge is -2.43. The minimum Gasteiger partial charge on any atom is -0.492 e. The Labute approximate surface area is 120 Å². The second kappa shape index (κ2) is 5.47. The number of nitrogens with two attached hydrogens (primary N) is 1. The number of hydrogen-bond acceptors (Lipinski definition) is 4. The molecule has 0 amide bonds. The van der Waals surface area contributed by atoms with Gasteiger partial charge in [-0.25, -0.2) is 0 Å². The van der Waals surface area contributed by atoms with Crippen molar-refractivity contribution in [3.8, 4) is 5.75 Å². The van der Waals surface area contributed by atoms with Gasteiger partial charge < -0.3 is 15.2 Å². The molecule has 1 aromatic carbocycles. The van der Waals surface area contributed by atoms with Gasteiger partial charge in [0.25, 0.3) is 0 Å². The van der Waals surface area contributed by atoms with Crippen LogP contribution in [0.1, 0.15) is 11.6 Å². The van der Waals surface area contributed by atoms with E-state index in [1.54, 1.807) is 4.90 Å². The lowest BCUT2D eigenvalue weighted by molar-refractivity contribution is -0.240. The molecule has 0 saturated carbocycles. The summed E-state index contributed by atoms with van der Waals surface area (Å²) in [5.41, 5.74) is 7.07. The van der Waals surface area contributed by atoms with Gasteiger partial charge in [-0.15, -0.1) is 0 Å². The van der Waals surface area contributed by atoms with Gasteiger partial charge in [-0.1, -0.05) is 18.2 Å². The highest BCUT2D eigenvalue weighted by molar-refractivity contribution is 5.38.